The van der Waals surface area contributed by atoms with Gasteiger partial charge in [-0.05, 0) is 83.9 Å². The number of aliphatic hydroxyl groups excluding tert-OH is 1. The number of carboxylic acids is 1. The molecule has 1 saturated heterocycles. The average Bonchev–Trinajstić information content (AvgIpc) is 3.04. The topological polar surface area (TPSA) is 136 Å². The highest BCUT2D eigenvalue weighted by molar-refractivity contribution is 6.17. The van der Waals surface area contributed by atoms with Gasteiger partial charge in [-0.2, -0.15) is 0 Å². The van der Waals surface area contributed by atoms with E-state index in [1.807, 2.05) is 53.7 Å². The standard InChI is InChI=1S/C38H62N2O10/c1-28-25-29(2)34(30(3)26-28)35(37(43)44)36(42)31-7-9-32(10-8-31)49-24-23-46-18-16-40-13-11-39(12-14-40)15-17-45-19-20-47-21-22-48-27-33(41)50-38(4,5)6/h25-26,31-32,42H,7-24,27H2,1-6H3,(H,43,44)/b36-35+. The first-order valence-electron chi connectivity index (χ1n) is 18.2. The van der Waals surface area contributed by atoms with Gasteiger partial charge < -0.3 is 38.6 Å². The van der Waals surface area contributed by atoms with E-state index < -0.39 is 11.6 Å². The Balaban J connectivity index is 1.17. The molecule has 1 aliphatic heterocycles. The minimum atomic E-state index is -1.09. The van der Waals surface area contributed by atoms with Crippen LogP contribution in [0.5, 0.6) is 0 Å². The summed E-state index contributed by atoms with van der Waals surface area (Å²) in [6.07, 6.45) is 3.05. The fraction of sp³-hybridized carbons (Fsp3) is 0.737. The van der Waals surface area contributed by atoms with E-state index in [1.54, 1.807) is 0 Å². The summed E-state index contributed by atoms with van der Waals surface area (Å²) >= 11 is 0. The number of benzene rings is 1. The Hall–Kier alpha value is -2.58. The fourth-order valence-electron chi connectivity index (χ4n) is 6.59. The maximum atomic E-state index is 12.2. The predicted octanol–water partition coefficient (Wildman–Crippen LogP) is 4.57. The van der Waals surface area contributed by atoms with Gasteiger partial charge in [-0.15, -0.1) is 0 Å². The number of hydrogen-bond donors (Lipinski definition) is 2. The monoisotopic (exact) mass is 706 g/mol. The Bertz CT molecular complexity index is 1190. The lowest BCUT2D eigenvalue weighted by Gasteiger charge is -2.34. The third-order valence-corrected chi connectivity index (χ3v) is 8.99. The maximum Gasteiger partial charge on any atom is 0.339 e. The van der Waals surface area contributed by atoms with Crippen LogP contribution in [0.3, 0.4) is 0 Å². The summed E-state index contributed by atoms with van der Waals surface area (Å²) < 4.78 is 33.6. The Morgan fingerprint density at radius 3 is 1.70 bits per heavy atom. The van der Waals surface area contributed by atoms with E-state index in [1.165, 1.54) is 0 Å². The molecule has 1 aliphatic carbocycles. The molecule has 284 valence electrons. The van der Waals surface area contributed by atoms with Crippen LogP contribution in [0.2, 0.25) is 0 Å². The number of piperazine rings is 1. The van der Waals surface area contributed by atoms with Crippen LogP contribution in [0.15, 0.2) is 17.9 Å². The van der Waals surface area contributed by atoms with E-state index in [9.17, 15) is 19.8 Å². The second-order valence-electron chi connectivity index (χ2n) is 14.3. The lowest BCUT2D eigenvalue weighted by atomic mass is 9.82. The zero-order valence-electron chi connectivity index (χ0n) is 31.3. The Kier molecular flexibility index (Phi) is 18.2. The number of esters is 1. The molecule has 2 fully saturated rings. The van der Waals surface area contributed by atoms with Crippen molar-refractivity contribution < 1.29 is 48.2 Å². The van der Waals surface area contributed by atoms with Gasteiger partial charge in [0.05, 0.1) is 59.0 Å². The van der Waals surface area contributed by atoms with E-state index in [0.29, 0.717) is 71.3 Å². The van der Waals surface area contributed by atoms with Gasteiger partial charge in [-0.3, -0.25) is 9.80 Å². The molecule has 12 nitrogen and oxygen atoms in total. The number of ether oxygens (including phenoxy) is 6. The SMILES string of the molecule is Cc1cc(C)c(/C(C(=O)O)=C(\O)C2CCC(OCCOCCN3CCN(CCOCCOCCOCC(=O)OC(C)(C)C)CC3)CC2)c(C)c1. The summed E-state index contributed by atoms with van der Waals surface area (Å²) in [6.45, 7) is 21.1. The highest BCUT2D eigenvalue weighted by Gasteiger charge is 2.30. The van der Waals surface area contributed by atoms with E-state index in [4.69, 9.17) is 28.4 Å². The minimum absolute atomic E-state index is 0.0115. The second-order valence-corrected chi connectivity index (χ2v) is 14.3. The van der Waals surface area contributed by atoms with Gasteiger partial charge in [-0.1, -0.05) is 17.7 Å². The highest BCUT2D eigenvalue weighted by atomic mass is 16.6. The smallest absolute Gasteiger partial charge is 0.339 e. The summed E-state index contributed by atoms with van der Waals surface area (Å²) in [5, 5.41) is 21.1. The fourth-order valence-corrected chi connectivity index (χ4v) is 6.59. The van der Waals surface area contributed by atoms with Crippen LogP contribution in [0.4, 0.5) is 0 Å². The van der Waals surface area contributed by atoms with Gasteiger partial charge in [0.25, 0.3) is 0 Å². The van der Waals surface area contributed by atoms with Crippen molar-refractivity contribution in [1.29, 1.82) is 0 Å². The lowest BCUT2D eigenvalue weighted by Crippen LogP contribution is -2.48. The number of aryl methyl sites for hydroxylation is 3. The first-order chi connectivity index (χ1) is 23.8. The number of nitrogens with zero attached hydrogens (tertiary/aromatic N) is 2. The van der Waals surface area contributed by atoms with Crippen LogP contribution >= 0.6 is 0 Å². The Labute approximate surface area is 299 Å². The Morgan fingerprint density at radius 2 is 1.20 bits per heavy atom. The number of carboxylic acid groups (broad SMARTS) is 1. The molecule has 2 N–H and O–H groups in total. The first-order valence-corrected chi connectivity index (χ1v) is 18.2. The number of rotatable bonds is 21. The third kappa shape index (κ3) is 15.3. The van der Waals surface area contributed by atoms with Gasteiger partial charge in [0.1, 0.15) is 23.5 Å². The second kappa shape index (κ2) is 21.7. The molecule has 50 heavy (non-hydrogen) atoms. The van der Waals surface area contributed by atoms with E-state index >= 15 is 0 Å². The van der Waals surface area contributed by atoms with Crippen molar-refractivity contribution in [3.8, 4) is 0 Å². The summed E-state index contributed by atoms with van der Waals surface area (Å²) in [7, 11) is 0. The van der Waals surface area contributed by atoms with Gasteiger partial charge in [0, 0.05) is 45.2 Å². The van der Waals surface area contributed by atoms with Gasteiger partial charge in [0.15, 0.2) is 0 Å². The van der Waals surface area contributed by atoms with E-state index in [-0.39, 0.29) is 35.9 Å². The van der Waals surface area contributed by atoms with Crippen LogP contribution in [0, 0.1) is 26.7 Å². The van der Waals surface area contributed by atoms with E-state index in [2.05, 4.69) is 9.80 Å². The molecule has 0 amide bonds. The van der Waals surface area contributed by atoms with Crippen molar-refractivity contribution >= 4 is 17.5 Å². The zero-order chi connectivity index (χ0) is 36.5. The first kappa shape index (κ1) is 41.8. The normalized spacial score (nSPS) is 19.7. The molecule has 1 heterocycles. The molecule has 0 radical (unpaired) electrons. The van der Waals surface area contributed by atoms with Crippen LogP contribution in [-0.4, -0.2) is 142 Å². The number of carbonyl (C=O) groups is 2. The van der Waals surface area contributed by atoms with Crippen molar-refractivity contribution in [2.75, 3.05) is 98.7 Å². The summed E-state index contributed by atoms with van der Waals surface area (Å²) in [5.74, 6) is -1.65. The number of hydrogen-bond acceptors (Lipinski definition) is 11. The van der Waals surface area contributed by atoms with Gasteiger partial charge in [-0.25, -0.2) is 9.59 Å². The van der Waals surface area contributed by atoms with Crippen LogP contribution < -0.4 is 0 Å². The molecule has 1 aromatic rings. The lowest BCUT2D eigenvalue weighted by molar-refractivity contribution is -0.160. The van der Waals surface area contributed by atoms with Crippen LogP contribution in [0.25, 0.3) is 5.57 Å². The molecule has 12 heteroatoms. The van der Waals surface area contributed by atoms with Crippen molar-refractivity contribution in [3.05, 3.63) is 40.1 Å². The quantitative estimate of drug-likeness (QED) is 0.0803. The van der Waals surface area contributed by atoms with Crippen molar-refractivity contribution in [2.24, 2.45) is 5.92 Å². The molecular formula is C38H62N2O10. The summed E-state index contributed by atoms with van der Waals surface area (Å²) in [5.41, 5.74) is 2.95. The highest BCUT2D eigenvalue weighted by Crippen LogP contribution is 2.36. The van der Waals surface area contributed by atoms with E-state index in [0.717, 1.165) is 68.8 Å². The Morgan fingerprint density at radius 1 is 0.720 bits per heavy atom. The average molecular weight is 707 g/mol. The maximum absolute atomic E-state index is 12.2. The number of carbonyl (C=O) groups excluding carboxylic acids is 1. The molecule has 1 saturated carbocycles. The van der Waals surface area contributed by atoms with Gasteiger partial charge in [0.2, 0.25) is 0 Å². The van der Waals surface area contributed by atoms with Crippen molar-refractivity contribution in [1.82, 2.24) is 9.80 Å². The largest absolute Gasteiger partial charge is 0.511 e. The zero-order valence-corrected chi connectivity index (χ0v) is 31.3. The predicted molar refractivity (Wildman–Crippen MR) is 192 cm³/mol. The minimum Gasteiger partial charge on any atom is -0.511 e. The van der Waals surface area contributed by atoms with Crippen molar-refractivity contribution in [3.63, 3.8) is 0 Å². The number of aliphatic carboxylic acids is 1. The van der Waals surface area contributed by atoms with Gasteiger partial charge >= 0.3 is 11.9 Å². The third-order valence-electron chi connectivity index (χ3n) is 8.99. The van der Waals surface area contributed by atoms with Crippen molar-refractivity contribution in [2.45, 2.75) is 78.9 Å². The van der Waals surface area contributed by atoms with Crippen LogP contribution in [0.1, 0.15) is 68.7 Å². The molecule has 1 aromatic carbocycles. The number of allylic oxidation sites excluding steroid dienone is 1. The molecule has 0 spiro atoms. The molecule has 0 aromatic heterocycles. The molecule has 3 rings (SSSR count). The molecule has 0 unspecified atom stereocenters. The van der Waals surface area contributed by atoms with Crippen LogP contribution in [-0.2, 0) is 38.0 Å². The molecular weight excluding hydrogens is 644 g/mol. The summed E-state index contributed by atoms with van der Waals surface area (Å²) in [6, 6.07) is 3.92. The summed E-state index contributed by atoms with van der Waals surface area (Å²) in [4.78, 5) is 28.6. The molecule has 2 aliphatic rings. The number of aliphatic hydroxyl groups is 1. The molecule has 0 bridgehead atoms. The molecule has 0 atom stereocenters.